The highest BCUT2D eigenvalue weighted by Crippen LogP contribution is 2.33. The van der Waals surface area contributed by atoms with Crippen LogP contribution in [0.1, 0.15) is 27.0 Å². The number of carboxylic acid groups (broad SMARTS) is 1. The molecule has 3 rings (SSSR count). The average Bonchev–Trinajstić information content (AvgIpc) is 2.84. The molecule has 1 aliphatic heterocycles. The van der Waals surface area contributed by atoms with E-state index in [1.54, 1.807) is 18.2 Å². The van der Waals surface area contributed by atoms with Gasteiger partial charge < -0.3 is 5.11 Å². The minimum absolute atomic E-state index is 0.0906. The number of nitrogens with zero attached hydrogens (tertiary/aromatic N) is 1. The van der Waals surface area contributed by atoms with Gasteiger partial charge in [-0.1, -0.05) is 48.0 Å². The van der Waals surface area contributed by atoms with Crippen LogP contribution in [0, 0.1) is 6.92 Å². The Bertz CT molecular complexity index is 887. The molecular formula is C19H15NO4S. The summed E-state index contributed by atoms with van der Waals surface area (Å²) in [6.07, 6.45) is 1.46. The molecule has 5 nitrogen and oxygen atoms in total. The topological polar surface area (TPSA) is 74.7 Å². The highest BCUT2D eigenvalue weighted by Gasteiger charge is 2.35. The van der Waals surface area contributed by atoms with Gasteiger partial charge in [0, 0.05) is 0 Å². The number of thioether (sulfide) groups is 1. The van der Waals surface area contributed by atoms with Gasteiger partial charge in [-0.2, -0.15) is 0 Å². The third-order valence-corrected chi connectivity index (χ3v) is 4.72. The third-order valence-electron chi connectivity index (χ3n) is 3.81. The fourth-order valence-electron chi connectivity index (χ4n) is 2.47. The third kappa shape index (κ3) is 3.64. The molecule has 0 spiro atoms. The van der Waals surface area contributed by atoms with Gasteiger partial charge in [0.25, 0.3) is 11.1 Å². The lowest BCUT2D eigenvalue weighted by atomic mass is 10.1. The second-order valence-electron chi connectivity index (χ2n) is 5.65. The monoisotopic (exact) mass is 353 g/mol. The number of amides is 2. The number of hydrogen-bond acceptors (Lipinski definition) is 4. The fourth-order valence-corrected chi connectivity index (χ4v) is 3.30. The zero-order chi connectivity index (χ0) is 18.0. The maximum absolute atomic E-state index is 12.5. The van der Waals surface area contributed by atoms with Crippen molar-refractivity contribution >= 4 is 35.0 Å². The van der Waals surface area contributed by atoms with E-state index in [9.17, 15) is 19.5 Å². The number of aromatic carboxylic acids is 1. The molecule has 25 heavy (non-hydrogen) atoms. The second-order valence-corrected chi connectivity index (χ2v) is 6.64. The van der Waals surface area contributed by atoms with Crippen LogP contribution >= 0.6 is 11.8 Å². The van der Waals surface area contributed by atoms with Gasteiger partial charge in [-0.15, -0.1) is 0 Å². The summed E-state index contributed by atoms with van der Waals surface area (Å²) in [5.74, 6) is -1.48. The zero-order valence-corrected chi connectivity index (χ0v) is 14.2. The van der Waals surface area contributed by atoms with Crippen LogP contribution in [0.2, 0.25) is 0 Å². The molecule has 1 N–H and O–H groups in total. The van der Waals surface area contributed by atoms with E-state index in [1.807, 2.05) is 31.2 Å². The molecule has 0 aromatic heterocycles. The van der Waals surface area contributed by atoms with Crippen LogP contribution in [0.25, 0.3) is 6.08 Å². The predicted molar refractivity (Wildman–Crippen MR) is 96.1 cm³/mol. The molecule has 0 atom stereocenters. The molecule has 2 aromatic carbocycles. The van der Waals surface area contributed by atoms with Crippen LogP contribution in [-0.2, 0) is 11.3 Å². The Morgan fingerprint density at radius 3 is 2.48 bits per heavy atom. The quantitative estimate of drug-likeness (QED) is 0.843. The van der Waals surface area contributed by atoms with Crippen molar-refractivity contribution in [3.63, 3.8) is 0 Å². The van der Waals surface area contributed by atoms with Crippen LogP contribution in [0.4, 0.5) is 4.79 Å². The van der Waals surface area contributed by atoms with E-state index >= 15 is 0 Å². The summed E-state index contributed by atoms with van der Waals surface area (Å²) in [6.45, 7) is 2.16. The lowest BCUT2D eigenvalue weighted by Gasteiger charge is -2.12. The lowest BCUT2D eigenvalue weighted by Crippen LogP contribution is -2.27. The Labute approximate surface area is 149 Å². The summed E-state index contributed by atoms with van der Waals surface area (Å²) >= 11 is 0.825. The molecule has 1 heterocycles. The summed E-state index contributed by atoms with van der Waals surface area (Å²) in [5, 5.41) is 8.87. The molecule has 2 amide bonds. The summed E-state index contributed by atoms with van der Waals surface area (Å²) < 4.78 is 0. The first-order valence-corrected chi connectivity index (χ1v) is 8.40. The fraction of sp³-hybridized carbons (Fsp3) is 0.105. The molecule has 1 fully saturated rings. The summed E-state index contributed by atoms with van der Waals surface area (Å²) in [4.78, 5) is 37.4. The van der Waals surface area contributed by atoms with Gasteiger partial charge in [-0.25, -0.2) is 4.79 Å². The van der Waals surface area contributed by atoms with E-state index in [1.165, 1.54) is 17.0 Å². The van der Waals surface area contributed by atoms with Crippen molar-refractivity contribution in [2.45, 2.75) is 13.5 Å². The Morgan fingerprint density at radius 2 is 1.80 bits per heavy atom. The van der Waals surface area contributed by atoms with Crippen molar-refractivity contribution in [1.82, 2.24) is 4.90 Å². The van der Waals surface area contributed by atoms with Gasteiger partial charge >= 0.3 is 5.97 Å². The molecule has 2 aromatic rings. The van der Waals surface area contributed by atoms with Crippen molar-refractivity contribution in [3.05, 3.63) is 75.7 Å². The summed E-state index contributed by atoms with van der Waals surface area (Å²) in [6, 6.07) is 14.0. The Morgan fingerprint density at radius 1 is 1.12 bits per heavy atom. The largest absolute Gasteiger partial charge is 0.478 e. The Kier molecular flexibility index (Phi) is 4.72. The highest BCUT2D eigenvalue weighted by atomic mass is 32.2. The van der Waals surface area contributed by atoms with Crippen LogP contribution in [0.15, 0.2) is 53.4 Å². The van der Waals surface area contributed by atoms with Gasteiger partial charge in [0.1, 0.15) is 0 Å². The predicted octanol–water partition coefficient (Wildman–Crippen LogP) is 3.93. The zero-order valence-electron chi connectivity index (χ0n) is 13.4. The first-order chi connectivity index (χ1) is 12.0. The smallest absolute Gasteiger partial charge is 0.336 e. The lowest BCUT2D eigenvalue weighted by molar-refractivity contribution is -0.123. The van der Waals surface area contributed by atoms with Crippen LogP contribution in [-0.4, -0.2) is 27.1 Å². The van der Waals surface area contributed by atoms with Crippen LogP contribution in [0.3, 0.4) is 0 Å². The molecule has 0 aliphatic carbocycles. The SMILES string of the molecule is Cc1ccc(CN2C(=O)S/C(=C\c3ccccc3C(=O)O)C2=O)cc1. The van der Waals surface area contributed by atoms with Crippen molar-refractivity contribution in [2.75, 3.05) is 0 Å². The van der Waals surface area contributed by atoms with E-state index in [4.69, 9.17) is 0 Å². The molecule has 0 unspecified atom stereocenters. The van der Waals surface area contributed by atoms with E-state index in [2.05, 4.69) is 0 Å². The van der Waals surface area contributed by atoms with E-state index < -0.39 is 11.9 Å². The maximum Gasteiger partial charge on any atom is 0.336 e. The Balaban J connectivity index is 1.86. The van der Waals surface area contributed by atoms with Crippen molar-refractivity contribution in [3.8, 4) is 0 Å². The normalized spacial score (nSPS) is 15.9. The molecular weight excluding hydrogens is 338 g/mol. The maximum atomic E-state index is 12.5. The minimum Gasteiger partial charge on any atom is -0.478 e. The van der Waals surface area contributed by atoms with Gasteiger partial charge in [0.15, 0.2) is 0 Å². The molecule has 0 saturated carbocycles. The molecule has 1 saturated heterocycles. The molecule has 1 aliphatic rings. The van der Waals surface area contributed by atoms with Gasteiger partial charge in [0.2, 0.25) is 0 Å². The molecule has 0 radical (unpaired) electrons. The number of benzene rings is 2. The van der Waals surface area contributed by atoms with E-state index in [-0.39, 0.29) is 22.3 Å². The molecule has 126 valence electrons. The first-order valence-electron chi connectivity index (χ1n) is 7.59. The highest BCUT2D eigenvalue weighted by molar-refractivity contribution is 8.18. The number of imide groups is 1. The van der Waals surface area contributed by atoms with Gasteiger partial charge in [0.05, 0.1) is 17.0 Å². The first kappa shape index (κ1) is 17.0. The van der Waals surface area contributed by atoms with Crippen LogP contribution in [0.5, 0.6) is 0 Å². The number of hydrogen-bond donors (Lipinski definition) is 1. The Hall–Kier alpha value is -2.86. The number of carbonyl (C=O) groups excluding carboxylic acids is 2. The second kappa shape index (κ2) is 6.94. The van der Waals surface area contributed by atoms with Crippen molar-refractivity contribution < 1.29 is 19.5 Å². The summed E-state index contributed by atoms with van der Waals surface area (Å²) in [7, 11) is 0. The van der Waals surface area contributed by atoms with Gasteiger partial charge in [-0.05, 0) is 42.0 Å². The van der Waals surface area contributed by atoms with E-state index in [0.717, 1.165) is 22.9 Å². The standard InChI is InChI=1S/C19H15NO4S/c1-12-6-8-13(9-7-12)11-20-17(21)16(25-19(20)24)10-14-4-2-3-5-15(14)18(22)23/h2-10H,11H2,1H3,(H,22,23)/b16-10-. The van der Waals surface area contributed by atoms with E-state index in [0.29, 0.717) is 5.56 Å². The average molecular weight is 353 g/mol. The number of carboxylic acids is 1. The summed E-state index contributed by atoms with van der Waals surface area (Å²) in [5.41, 5.74) is 2.45. The van der Waals surface area contributed by atoms with Crippen molar-refractivity contribution in [1.29, 1.82) is 0 Å². The van der Waals surface area contributed by atoms with Crippen molar-refractivity contribution in [2.24, 2.45) is 0 Å². The van der Waals surface area contributed by atoms with Crippen LogP contribution < -0.4 is 0 Å². The number of rotatable bonds is 4. The number of carbonyl (C=O) groups is 3. The van der Waals surface area contributed by atoms with Gasteiger partial charge in [-0.3, -0.25) is 14.5 Å². The minimum atomic E-state index is -1.08. The molecule has 0 bridgehead atoms. The number of aryl methyl sites for hydroxylation is 1. The molecule has 6 heteroatoms.